The molecule has 1 saturated carbocycles. The Morgan fingerprint density at radius 2 is 2.42 bits per heavy atom. The summed E-state index contributed by atoms with van der Waals surface area (Å²) in [5, 5.41) is 15.3. The molecule has 2 heterocycles. The topological polar surface area (TPSA) is 65.5 Å². The van der Waals surface area contributed by atoms with Crippen LogP contribution >= 0.6 is 11.3 Å². The molecule has 2 fully saturated rings. The van der Waals surface area contributed by atoms with Crippen LogP contribution in [0.25, 0.3) is 0 Å². The zero-order chi connectivity index (χ0) is 13.2. The van der Waals surface area contributed by atoms with E-state index in [-0.39, 0.29) is 24.7 Å². The fourth-order valence-electron chi connectivity index (χ4n) is 2.71. The van der Waals surface area contributed by atoms with Crippen molar-refractivity contribution in [1.29, 1.82) is 0 Å². The number of amides is 2. The van der Waals surface area contributed by atoms with E-state index < -0.39 is 0 Å². The Morgan fingerprint density at radius 1 is 1.58 bits per heavy atom. The molecule has 2 atom stereocenters. The lowest BCUT2D eigenvalue weighted by Gasteiger charge is -2.26. The first kappa shape index (κ1) is 12.9. The van der Waals surface area contributed by atoms with Crippen molar-refractivity contribution < 1.29 is 9.90 Å². The molecule has 1 aliphatic carbocycles. The zero-order valence-corrected chi connectivity index (χ0v) is 11.6. The van der Waals surface area contributed by atoms with Crippen LogP contribution in [-0.2, 0) is 0 Å². The number of hydrogen-bond donors (Lipinski definition) is 2. The summed E-state index contributed by atoms with van der Waals surface area (Å²) in [4.78, 5) is 18.4. The number of hydrogen-bond acceptors (Lipinski definition) is 4. The van der Waals surface area contributed by atoms with Crippen LogP contribution in [0.1, 0.15) is 36.7 Å². The summed E-state index contributed by atoms with van der Waals surface area (Å²) >= 11 is 1.60. The SMILES string of the molecule is O=C(NC(c1nccs1)C1CC1)N1CCC[C@H]1CO. The molecule has 3 rings (SSSR count). The van der Waals surface area contributed by atoms with E-state index >= 15 is 0 Å². The van der Waals surface area contributed by atoms with Crippen molar-refractivity contribution in [2.24, 2.45) is 5.92 Å². The molecule has 1 unspecified atom stereocenters. The molecule has 2 aliphatic rings. The number of likely N-dealkylation sites (tertiary alicyclic amines) is 1. The van der Waals surface area contributed by atoms with Crippen molar-refractivity contribution >= 4 is 17.4 Å². The summed E-state index contributed by atoms with van der Waals surface area (Å²) in [7, 11) is 0. The van der Waals surface area contributed by atoms with Gasteiger partial charge < -0.3 is 15.3 Å². The number of carbonyl (C=O) groups excluding carboxylic acids is 1. The lowest BCUT2D eigenvalue weighted by molar-refractivity contribution is 0.153. The number of aromatic nitrogens is 1. The van der Waals surface area contributed by atoms with E-state index in [2.05, 4.69) is 10.3 Å². The molecule has 104 valence electrons. The smallest absolute Gasteiger partial charge is 0.318 e. The molecule has 1 aliphatic heterocycles. The molecule has 1 aromatic heterocycles. The second kappa shape index (κ2) is 5.46. The summed E-state index contributed by atoms with van der Waals surface area (Å²) < 4.78 is 0. The van der Waals surface area contributed by atoms with Crippen molar-refractivity contribution in [3.8, 4) is 0 Å². The van der Waals surface area contributed by atoms with Gasteiger partial charge in [0.2, 0.25) is 0 Å². The summed E-state index contributed by atoms with van der Waals surface area (Å²) in [5.74, 6) is 0.533. The van der Waals surface area contributed by atoms with Crippen molar-refractivity contribution in [2.45, 2.75) is 37.8 Å². The van der Waals surface area contributed by atoms with Gasteiger partial charge >= 0.3 is 6.03 Å². The number of nitrogens with zero attached hydrogens (tertiary/aromatic N) is 2. The summed E-state index contributed by atoms with van der Waals surface area (Å²) in [6.45, 7) is 0.797. The lowest BCUT2D eigenvalue weighted by Crippen LogP contribution is -2.45. The third-order valence-electron chi connectivity index (χ3n) is 3.94. The minimum absolute atomic E-state index is 0.0175. The Hall–Kier alpha value is -1.14. The summed E-state index contributed by atoms with van der Waals surface area (Å²) in [6, 6.07) is -0.0211. The van der Waals surface area contributed by atoms with Gasteiger partial charge in [-0.2, -0.15) is 0 Å². The second-order valence-electron chi connectivity index (χ2n) is 5.31. The molecular weight excluding hydrogens is 262 g/mol. The fourth-order valence-corrected chi connectivity index (χ4v) is 3.49. The molecule has 19 heavy (non-hydrogen) atoms. The molecule has 5 nitrogen and oxygen atoms in total. The Kier molecular flexibility index (Phi) is 3.70. The average molecular weight is 281 g/mol. The van der Waals surface area contributed by atoms with Crippen LogP contribution in [-0.4, -0.2) is 40.2 Å². The predicted molar refractivity (Wildman–Crippen MR) is 72.9 cm³/mol. The largest absolute Gasteiger partial charge is 0.394 e. The standard InChI is InChI=1S/C13H19N3O2S/c17-8-10-2-1-6-16(10)13(18)15-11(9-3-4-9)12-14-5-7-19-12/h5,7,9-11,17H,1-4,6,8H2,(H,15,18)/t10-,11?/m0/s1. The number of aliphatic hydroxyl groups is 1. The maximum atomic E-state index is 12.3. The Morgan fingerprint density at radius 3 is 3.05 bits per heavy atom. The van der Waals surface area contributed by atoms with Crippen LogP contribution in [0, 0.1) is 5.92 Å². The number of carbonyl (C=O) groups is 1. The van der Waals surface area contributed by atoms with E-state index in [4.69, 9.17) is 0 Å². The minimum Gasteiger partial charge on any atom is -0.394 e. The van der Waals surface area contributed by atoms with E-state index in [1.54, 1.807) is 22.4 Å². The minimum atomic E-state index is -0.0522. The van der Waals surface area contributed by atoms with Crippen LogP contribution in [0.15, 0.2) is 11.6 Å². The van der Waals surface area contributed by atoms with Gasteiger partial charge in [0.15, 0.2) is 0 Å². The number of urea groups is 1. The van der Waals surface area contributed by atoms with E-state index in [0.29, 0.717) is 5.92 Å². The van der Waals surface area contributed by atoms with Gasteiger partial charge in [-0.25, -0.2) is 9.78 Å². The molecule has 0 spiro atoms. The van der Waals surface area contributed by atoms with Crippen LogP contribution < -0.4 is 5.32 Å². The van der Waals surface area contributed by atoms with Gasteiger partial charge in [-0.3, -0.25) is 0 Å². The lowest BCUT2D eigenvalue weighted by atomic mass is 10.2. The molecule has 0 radical (unpaired) electrons. The molecule has 0 aromatic carbocycles. The number of nitrogens with one attached hydrogen (secondary N) is 1. The molecule has 2 N–H and O–H groups in total. The monoisotopic (exact) mass is 281 g/mol. The van der Waals surface area contributed by atoms with Gasteiger partial charge in [-0.05, 0) is 31.6 Å². The van der Waals surface area contributed by atoms with Gasteiger partial charge in [-0.15, -0.1) is 11.3 Å². The average Bonchev–Trinajstić information content (AvgIpc) is 2.95. The highest BCUT2D eigenvalue weighted by Gasteiger charge is 2.37. The first-order valence-corrected chi connectivity index (χ1v) is 7.75. The highest BCUT2D eigenvalue weighted by Crippen LogP contribution is 2.41. The summed E-state index contributed by atoms with van der Waals surface area (Å²) in [6.07, 6.45) is 5.98. The third-order valence-corrected chi connectivity index (χ3v) is 4.80. The normalized spacial score (nSPS) is 24.5. The maximum Gasteiger partial charge on any atom is 0.318 e. The first-order valence-electron chi connectivity index (χ1n) is 6.87. The zero-order valence-electron chi connectivity index (χ0n) is 10.8. The number of rotatable bonds is 4. The summed E-state index contributed by atoms with van der Waals surface area (Å²) in [5.41, 5.74) is 0. The van der Waals surface area contributed by atoms with Gasteiger partial charge in [0, 0.05) is 18.1 Å². The van der Waals surface area contributed by atoms with Crippen molar-refractivity contribution in [2.75, 3.05) is 13.2 Å². The number of thiazole rings is 1. The van der Waals surface area contributed by atoms with Gasteiger partial charge in [0.25, 0.3) is 0 Å². The van der Waals surface area contributed by atoms with E-state index in [1.165, 1.54) is 0 Å². The quantitative estimate of drug-likeness (QED) is 0.884. The van der Waals surface area contributed by atoms with E-state index in [1.807, 2.05) is 5.38 Å². The number of aliphatic hydroxyl groups excluding tert-OH is 1. The molecule has 6 heteroatoms. The second-order valence-corrected chi connectivity index (χ2v) is 6.23. The van der Waals surface area contributed by atoms with E-state index in [0.717, 1.165) is 37.2 Å². The Balaban J connectivity index is 1.67. The Labute approximate surface area is 116 Å². The van der Waals surface area contributed by atoms with Crippen molar-refractivity contribution in [3.05, 3.63) is 16.6 Å². The van der Waals surface area contributed by atoms with Gasteiger partial charge in [-0.1, -0.05) is 0 Å². The molecule has 1 saturated heterocycles. The first-order chi connectivity index (χ1) is 9.29. The fraction of sp³-hybridized carbons (Fsp3) is 0.692. The molecular formula is C13H19N3O2S. The Bertz CT molecular complexity index is 433. The molecule has 0 bridgehead atoms. The van der Waals surface area contributed by atoms with Crippen LogP contribution in [0.3, 0.4) is 0 Å². The highest BCUT2D eigenvalue weighted by atomic mass is 32.1. The van der Waals surface area contributed by atoms with Crippen LogP contribution in [0.2, 0.25) is 0 Å². The van der Waals surface area contributed by atoms with E-state index in [9.17, 15) is 9.90 Å². The van der Waals surface area contributed by atoms with Gasteiger partial charge in [0.05, 0.1) is 18.7 Å². The van der Waals surface area contributed by atoms with Crippen LogP contribution in [0.5, 0.6) is 0 Å². The molecule has 2 amide bonds. The van der Waals surface area contributed by atoms with Gasteiger partial charge in [0.1, 0.15) is 5.01 Å². The predicted octanol–water partition coefficient (Wildman–Crippen LogP) is 1.76. The van der Waals surface area contributed by atoms with Crippen molar-refractivity contribution in [1.82, 2.24) is 15.2 Å². The maximum absolute atomic E-state index is 12.3. The van der Waals surface area contributed by atoms with Crippen LogP contribution in [0.4, 0.5) is 4.79 Å². The highest BCUT2D eigenvalue weighted by molar-refractivity contribution is 7.09. The third kappa shape index (κ3) is 2.74. The van der Waals surface area contributed by atoms with Crippen molar-refractivity contribution in [3.63, 3.8) is 0 Å². The molecule has 1 aromatic rings.